The van der Waals surface area contributed by atoms with Crippen LogP contribution in [0.25, 0.3) is 28.2 Å². The first kappa shape index (κ1) is 24.4. The van der Waals surface area contributed by atoms with Crippen LogP contribution in [-0.2, 0) is 11.3 Å². The second kappa shape index (κ2) is 10.0. The van der Waals surface area contributed by atoms with Gasteiger partial charge in [0, 0.05) is 35.6 Å². The van der Waals surface area contributed by atoms with E-state index >= 15 is 0 Å². The third kappa shape index (κ3) is 5.75. The standard InChI is InChI=1S/C28H27ClN4O2S/c1-28(2)16-33(17-28)36-23-7-5-19(6-8-23)20-11-21-12-22(35-27(21)24(29)13-20)15-32-26(34)10-4-18-3-9-25(30)31-14-18/h3-14H,15-17H2,1-2H3,(H2,30,31)(H,32,34)/b10-4+. The summed E-state index contributed by atoms with van der Waals surface area (Å²) in [4.78, 5) is 17.4. The molecule has 1 fully saturated rings. The van der Waals surface area contributed by atoms with Crippen molar-refractivity contribution in [1.29, 1.82) is 0 Å². The fourth-order valence-electron chi connectivity index (χ4n) is 4.17. The summed E-state index contributed by atoms with van der Waals surface area (Å²) in [5, 5.41) is 4.26. The van der Waals surface area contributed by atoms with E-state index in [4.69, 9.17) is 21.8 Å². The van der Waals surface area contributed by atoms with E-state index in [0.717, 1.165) is 35.2 Å². The van der Waals surface area contributed by atoms with Crippen LogP contribution in [0.4, 0.5) is 5.82 Å². The molecule has 2 aromatic heterocycles. The number of benzene rings is 2. The second-order valence-electron chi connectivity index (χ2n) is 9.73. The number of nitrogens with one attached hydrogen (secondary N) is 1. The lowest BCUT2D eigenvalue weighted by atomic mass is 9.87. The molecule has 0 unspecified atom stereocenters. The van der Waals surface area contributed by atoms with E-state index in [2.05, 4.69) is 58.8 Å². The van der Waals surface area contributed by atoms with Crippen molar-refractivity contribution in [2.45, 2.75) is 25.3 Å². The molecule has 3 N–H and O–H groups in total. The van der Waals surface area contributed by atoms with Crippen LogP contribution in [0, 0.1) is 5.41 Å². The maximum atomic E-state index is 12.2. The van der Waals surface area contributed by atoms with Gasteiger partial charge in [0.15, 0.2) is 5.58 Å². The van der Waals surface area contributed by atoms with Crippen molar-refractivity contribution in [1.82, 2.24) is 14.6 Å². The molecule has 184 valence electrons. The van der Waals surface area contributed by atoms with E-state index in [1.165, 1.54) is 11.0 Å². The van der Waals surface area contributed by atoms with Gasteiger partial charge in [-0.2, -0.15) is 0 Å². The predicted octanol–water partition coefficient (Wildman–Crippen LogP) is 6.41. The topological polar surface area (TPSA) is 84.4 Å². The van der Waals surface area contributed by atoms with Crippen LogP contribution in [0.3, 0.4) is 0 Å². The van der Waals surface area contributed by atoms with Gasteiger partial charge in [-0.05, 0) is 82.6 Å². The summed E-state index contributed by atoms with van der Waals surface area (Å²) in [7, 11) is 0. The van der Waals surface area contributed by atoms with Crippen LogP contribution in [-0.4, -0.2) is 28.3 Å². The number of rotatable bonds is 7. The Morgan fingerprint density at radius 1 is 1.17 bits per heavy atom. The molecule has 0 spiro atoms. The number of nitrogen functional groups attached to an aromatic ring is 1. The number of pyridine rings is 1. The van der Waals surface area contributed by atoms with Crippen LogP contribution >= 0.6 is 23.5 Å². The number of hydrogen-bond donors (Lipinski definition) is 2. The number of amides is 1. The van der Waals surface area contributed by atoms with Crippen LogP contribution in [0.5, 0.6) is 0 Å². The number of carbonyl (C=O) groups excluding carboxylic acids is 1. The molecule has 0 saturated carbocycles. The zero-order chi connectivity index (χ0) is 25.3. The Balaban J connectivity index is 1.23. The van der Waals surface area contributed by atoms with Crippen LogP contribution < -0.4 is 11.1 Å². The molecule has 1 saturated heterocycles. The Morgan fingerprint density at radius 3 is 2.64 bits per heavy atom. The average Bonchev–Trinajstić information content (AvgIpc) is 3.25. The Morgan fingerprint density at radius 2 is 1.94 bits per heavy atom. The van der Waals surface area contributed by atoms with Gasteiger partial charge in [0.1, 0.15) is 11.6 Å². The lowest BCUT2D eigenvalue weighted by molar-refractivity contribution is -0.116. The average molecular weight is 519 g/mol. The Hall–Kier alpha value is -3.26. The van der Waals surface area contributed by atoms with Crippen molar-refractivity contribution in [2.24, 2.45) is 5.41 Å². The lowest BCUT2D eigenvalue weighted by Gasteiger charge is -2.44. The van der Waals surface area contributed by atoms with E-state index in [9.17, 15) is 4.79 Å². The molecule has 0 bridgehead atoms. The summed E-state index contributed by atoms with van der Waals surface area (Å²) in [6, 6.07) is 17.9. The zero-order valence-corrected chi connectivity index (χ0v) is 21.7. The fraction of sp³-hybridized carbons (Fsp3) is 0.214. The van der Waals surface area contributed by atoms with E-state index in [-0.39, 0.29) is 12.5 Å². The molecule has 36 heavy (non-hydrogen) atoms. The van der Waals surface area contributed by atoms with Gasteiger partial charge < -0.3 is 15.5 Å². The first-order valence-electron chi connectivity index (χ1n) is 11.7. The van der Waals surface area contributed by atoms with Crippen molar-refractivity contribution in [2.75, 3.05) is 18.8 Å². The largest absolute Gasteiger partial charge is 0.458 e. The van der Waals surface area contributed by atoms with E-state index in [1.807, 2.05) is 12.1 Å². The van der Waals surface area contributed by atoms with Gasteiger partial charge >= 0.3 is 0 Å². The van der Waals surface area contributed by atoms with Crippen molar-refractivity contribution < 1.29 is 9.21 Å². The maximum absolute atomic E-state index is 12.2. The molecule has 6 nitrogen and oxygen atoms in total. The molecule has 0 atom stereocenters. The van der Waals surface area contributed by atoms with Gasteiger partial charge in [0.2, 0.25) is 5.91 Å². The summed E-state index contributed by atoms with van der Waals surface area (Å²) in [6.45, 7) is 7.04. The Kier molecular flexibility index (Phi) is 6.79. The third-order valence-corrected chi connectivity index (χ3v) is 7.21. The Labute approximate surface area is 219 Å². The maximum Gasteiger partial charge on any atom is 0.244 e. The number of nitrogens with zero attached hydrogens (tertiary/aromatic N) is 2. The molecule has 3 heterocycles. The van der Waals surface area contributed by atoms with Crippen molar-refractivity contribution in [3.05, 3.63) is 83.2 Å². The molecule has 5 rings (SSSR count). The molecular weight excluding hydrogens is 492 g/mol. The molecule has 0 aliphatic carbocycles. The molecule has 0 radical (unpaired) electrons. The van der Waals surface area contributed by atoms with Crippen molar-refractivity contribution >= 4 is 52.3 Å². The van der Waals surface area contributed by atoms with Gasteiger partial charge in [0.25, 0.3) is 0 Å². The summed E-state index contributed by atoms with van der Waals surface area (Å²) in [5.41, 5.74) is 9.50. The van der Waals surface area contributed by atoms with Gasteiger partial charge in [-0.3, -0.25) is 4.79 Å². The SMILES string of the molecule is CC1(C)CN(Sc2ccc(-c3cc(Cl)c4oc(CNC(=O)/C=C/c5ccc(N)nc5)cc4c3)cc2)C1. The van der Waals surface area contributed by atoms with E-state index < -0.39 is 0 Å². The number of carbonyl (C=O) groups is 1. The highest BCUT2D eigenvalue weighted by Gasteiger charge is 2.34. The van der Waals surface area contributed by atoms with Crippen LogP contribution in [0.2, 0.25) is 5.02 Å². The number of fused-ring (bicyclic) bond motifs is 1. The van der Waals surface area contributed by atoms with Crippen molar-refractivity contribution in [3.63, 3.8) is 0 Å². The highest BCUT2D eigenvalue weighted by Crippen LogP contribution is 2.38. The molecule has 2 aromatic carbocycles. The van der Waals surface area contributed by atoms with Gasteiger partial charge in [-0.15, -0.1) is 0 Å². The number of nitrogens with two attached hydrogens (primary N) is 1. The highest BCUT2D eigenvalue weighted by atomic mass is 35.5. The zero-order valence-electron chi connectivity index (χ0n) is 20.1. The summed E-state index contributed by atoms with van der Waals surface area (Å²) >= 11 is 8.35. The van der Waals surface area contributed by atoms with E-state index in [0.29, 0.717) is 27.6 Å². The highest BCUT2D eigenvalue weighted by molar-refractivity contribution is 7.97. The summed E-state index contributed by atoms with van der Waals surface area (Å²) in [5.74, 6) is 0.827. The molecule has 8 heteroatoms. The molecular formula is C28H27ClN4O2S. The van der Waals surface area contributed by atoms with Crippen LogP contribution in [0.15, 0.2) is 76.2 Å². The fourth-order valence-corrected chi connectivity index (χ4v) is 5.82. The minimum absolute atomic E-state index is 0.237. The quantitative estimate of drug-likeness (QED) is 0.217. The Bertz CT molecular complexity index is 1420. The summed E-state index contributed by atoms with van der Waals surface area (Å²) < 4.78 is 8.29. The minimum atomic E-state index is -0.237. The second-order valence-corrected chi connectivity index (χ2v) is 11.3. The third-order valence-electron chi connectivity index (χ3n) is 5.93. The number of furan rings is 1. The van der Waals surface area contributed by atoms with Gasteiger partial charge in [-0.25, -0.2) is 9.29 Å². The molecule has 1 aliphatic rings. The lowest BCUT2D eigenvalue weighted by Crippen LogP contribution is -2.48. The van der Waals surface area contributed by atoms with E-state index in [1.54, 1.807) is 36.4 Å². The normalized spacial score (nSPS) is 15.3. The van der Waals surface area contributed by atoms with Gasteiger partial charge in [0.05, 0.1) is 11.6 Å². The number of anilines is 1. The smallest absolute Gasteiger partial charge is 0.244 e. The number of halogens is 1. The molecule has 1 aliphatic heterocycles. The van der Waals surface area contributed by atoms with Crippen LogP contribution in [0.1, 0.15) is 25.2 Å². The minimum Gasteiger partial charge on any atom is -0.458 e. The van der Waals surface area contributed by atoms with Crippen molar-refractivity contribution in [3.8, 4) is 11.1 Å². The number of aromatic nitrogens is 1. The first-order valence-corrected chi connectivity index (χ1v) is 12.8. The summed E-state index contributed by atoms with van der Waals surface area (Å²) in [6.07, 6.45) is 4.74. The number of hydrogen-bond acceptors (Lipinski definition) is 6. The molecule has 1 amide bonds. The first-order chi connectivity index (χ1) is 17.2. The van der Waals surface area contributed by atoms with Gasteiger partial charge in [-0.1, -0.05) is 37.6 Å². The molecule has 4 aromatic rings. The predicted molar refractivity (Wildman–Crippen MR) is 147 cm³/mol. The monoisotopic (exact) mass is 518 g/mol.